The lowest BCUT2D eigenvalue weighted by molar-refractivity contribution is -0.141. The maximum Gasteiger partial charge on any atom is 0.407 e. The van der Waals surface area contributed by atoms with Gasteiger partial charge >= 0.3 is 6.09 Å². The van der Waals surface area contributed by atoms with Crippen molar-refractivity contribution in [2.45, 2.75) is 71.4 Å². The van der Waals surface area contributed by atoms with Gasteiger partial charge in [-0.25, -0.2) is 4.79 Å². The van der Waals surface area contributed by atoms with E-state index in [1.54, 1.807) is 0 Å². The first-order valence-corrected chi connectivity index (χ1v) is 10.9. The van der Waals surface area contributed by atoms with E-state index in [9.17, 15) is 14.4 Å². The first-order valence-electron chi connectivity index (χ1n) is 10.9. The van der Waals surface area contributed by atoms with Gasteiger partial charge in [0.05, 0.1) is 0 Å². The molecule has 8 nitrogen and oxygen atoms in total. The molecule has 166 valence electrons. The third-order valence-electron chi connectivity index (χ3n) is 5.66. The van der Waals surface area contributed by atoms with Crippen LogP contribution in [0, 0.1) is 11.3 Å². The second-order valence-electron chi connectivity index (χ2n) is 9.37. The van der Waals surface area contributed by atoms with E-state index in [4.69, 9.17) is 4.74 Å². The van der Waals surface area contributed by atoms with E-state index in [0.717, 1.165) is 38.8 Å². The molecule has 3 N–H and O–H groups in total. The first kappa shape index (κ1) is 23.4. The van der Waals surface area contributed by atoms with Gasteiger partial charge in [0.15, 0.2) is 6.10 Å². The number of nitrogens with zero attached hydrogens (tertiary/aromatic N) is 1. The first-order chi connectivity index (χ1) is 13.7. The molecule has 1 saturated heterocycles. The van der Waals surface area contributed by atoms with Crippen LogP contribution in [0.25, 0.3) is 0 Å². The fourth-order valence-electron chi connectivity index (χ4n) is 4.11. The molecule has 0 unspecified atom stereocenters. The Bertz CT molecular complexity index is 564. The SMILES string of the molecule is CNC(=O)O[C@@H](CC(C)(C)C)C(=O)N[C@H](C(=O)N1CCNCC1)C1CCCCC1. The highest BCUT2D eigenvalue weighted by Crippen LogP contribution is 2.28. The molecule has 2 atom stereocenters. The fourth-order valence-corrected chi connectivity index (χ4v) is 4.11. The van der Waals surface area contributed by atoms with Gasteiger partial charge in [-0.2, -0.15) is 0 Å². The zero-order chi connectivity index (χ0) is 21.4. The number of rotatable bonds is 6. The van der Waals surface area contributed by atoms with Gasteiger partial charge in [0.2, 0.25) is 5.91 Å². The molecule has 0 radical (unpaired) electrons. The van der Waals surface area contributed by atoms with Crippen molar-refractivity contribution in [1.82, 2.24) is 20.9 Å². The number of hydrogen-bond acceptors (Lipinski definition) is 5. The lowest BCUT2D eigenvalue weighted by atomic mass is 9.82. The lowest BCUT2D eigenvalue weighted by Gasteiger charge is -2.36. The lowest BCUT2D eigenvalue weighted by Crippen LogP contribution is -2.58. The Hall–Kier alpha value is -1.83. The van der Waals surface area contributed by atoms with Crippen molar-refractivity contribution < 1.29 is 19.1 Å². The van der Waals surface area contributed by atoms with Gasteiger partial charge < -0.3 is 25.6 Å². The van der Waals surface area contributed by atoms with Crippen molar-refractivity contribution >= 4 is 17.9 Å². The van der Waals surface area contributed by atoms with E-state index in [2.05, 4.69) is 16.0 Å². The zero-order valence-electron chi connectivity index (χ0n) is 18.4. The third-order valence-corrected chi connectivity index (χ3v) is 5.66. The average Bonchev–Trinajstić information content (AvgIpc) is 2.71. The third kappa shape index (κ3) is 7.49. The van der Waals surface area contributed by atoms with Crippen LogP contribution in [-0.2, 0) is 14.3 Å². The highest BCUT2D eigenvalue weighted by atomic mass is 16.6. The maximum absolute atomic E-state index is 13.3. The second kappa shape index (κ2) is 10.8. The summed E-state index contributed by atoms with van der Waals surface area (Å²) in [5, 5.41) is 8.64. The van der Waals surface area contributed by atoms with Crippen molar-refractivity contribution in [1.29, 1.82) is 0 Å². The number of amides is 3. The summed E-state index contributed by atoms with van der Waals surface area (Å²) in [7, 11) is 1.47. The molecule has 1 heterocycles. The van der Waals surface area contributed by atoms with E-state index < -0.39 is 18.2 Å². The van der Waals surface area contributed by atoms with Gasteiger partial charge in [-0.05, 0) is 30.6 Å². The van der Waals surface area contributed by atoms with Crippen LogP contribution in [0.5, 0.6) is 0 Å². The van der Waals surface area contributed by atoms with Crippen LogP contribution < -0.4 is 16.0 Å². The Labute approximate surface area is 174 Å². The maximum atomic E-state index is 13.3. The van der Waals surface area contributed by atoms with Crippen LogP contribution in [0.1, 0.15) is 59.3 Å². The predicted molar refractivity (Wildman–Crippen MR) is 111 cm³/mol. The summed E-state index contributed by atoms with van der Waals surface area (Å²) in [6.45, 7) is 8.81. The standard InChI is InChI=1S/C21H38N4O4/c1-21(2,3)14-16(29-20(28)22-4)18(26)24-17(15-8-6-5-7-9-15)19(27)25-12-10-23-11-13-25/h15-17,23H,5-14H2,1-4H3,(H,22,28)(H,24,26)/t16-,17-/m0/s1. The number of hydrogen-bond donors (Lipinski definition) is 3. The van der Waals surface area contributed by atoms with Crippen LogP contribution in [0.4, 0.5) is 4.79 Å². The van der Waals surface area contributed by atoms with E-state index >= 15 is 0 Å². The van der Waals surface area contributed by atoms with Crippen molar-refractivity contribution in [3.63, 3.8) is 0 Å². The Kier molecular flexibility index (Phi) is 8.74. The van der Waals surface area contributed by atoms with Gasteiger partial charge in [0, 0.05) is 33.2 Å². The second-order valence-corrected chi connectivity index (χ2v) is 9.37. The largest absolute Gasteiger partial charge is 0.436 e. The van der Waals surface area contributed by atoms with E-state index in [1.807, 2.05) is 25.7 Å². The molecular weight excluding hydrogens is 372 g/mol. The Balaban J connectivity index is 2.15. The van der Waals surface area contributed by atoms with E-state index in [0.29, 0.717) is 19.5 Å². The number of nitrogens with one attached hydrogen (secondary N) is 3. The van der Waals surface area contributed by atoms with Gasteiger partial charge in [0.1, 0.15) is 6.04 Å². The molecule has 2 fully saturated rings. The number of piperazine rings is 1. The smallest absolute Gasteiger partial charge is 0.407 e. The minimum absolute atomic E-state index is 0.0128. The molecule has 1 aliphatic heterocycles. The number of carbonyl (C=O) groups is 3. The molecule has 1 aliphatic carbocycles. The van der Waals surface area contributed by atoms with Crippen molar-refractivity contribution in [2.24, 2.45) is 11.3 Å². The Morgan fingerprint density at radius 3 is 2.28 bits per heavy atom. The van der Waals surface area contributed by atoms with Crippen LogP contribution in [0.15, 0.2) is 0 Å². The van der Waals surface area contributed by atoms with E-state index in [-0.39, 0.29) is 23.1 Å². The summed E-state index contributed by atoms with van der Waals surface area (Å²) in [5.74, 6) is -0.269. The van der Waals surface area contributed by atoms with Gasteiger partial charge in [-0.3, -0.25) is 9.59 Å². The predicted octanol–water partition coefficient (Wildman–Crippen LogP) is 1.64. The highest BCUT2D eigenvalue weighted by Gasteiger charge is 2.37. The molecule has 1 saturated carbocycles. The molecule has 0 aromatic carbocycles. The molecule has 2 rings (SSSR count). The quantitative estimate of drug-likeness (QED) is 0.618. The highest BCUT2D eigenvalue weighted by molar-refractivity contribution is 5.90. The van der Waals surface area contributed by atoms with Crippen molar-refractivity contribution in [2.75, 3.05) is 33.2 Å². The molecule has 0 spiro atoms. The molecule has 3 amide bonds. The van der Waals surface area contributed by atoms with Crippen LogP contribution in [0.2, 0.25) is 0 Å². The minimum Gasteiger partial charge on any atom is -0.436 e. The molecule has 29 heavy (non-hydrogen) atoms. The Morgan fingerprint density at radius 1 is 1.10 bits per heavy atom. The summed E-state index contributed by atoms with van der Waals surface area (Å²) in [6, 6.07) is -0.559. The van der Waals surface area contributed by atoms with Crippen LogP contribution >= 0.6 is 0 Å². The molecule has 8 heteroatoms. The van der Waals surface area contributed by atoms with Crippen molar-refractivity contribution in [3.8, 4) is 0 Å². The summed E-state index contributed by atoms with van der Waals surface area (Å²) in [6.07, 6.45) is 4.00. The Morgan fingerprint density at radius 2 is 1.72 bits per heavy atom. The van der Waals surface area contributed by atoms with Gasteiger partial charge in [0.25, 0.3) is 5.91 Å². The van der Waals surface area contributed by atoms with Crippen molar-refractivity contribution in [3.05, 3.63) is 0 Å². The summed E-state index contributed by atoms with van der Waals surface area (Å²) < 4.78 is 5.35. The molecule has 0 bridgehead atoms. The summed E-state index contributed by atoms with van der Waals surface area (Å²) in [4.78, 5) is 40.0. The number of carbonyl (C=O) groups excluding carboxylic acids is 3. The molecule has 0 aromatic heterocycles. The molecule has 0 aromatic rings. The molecular formula is C21H38N4O4. The fraction of sp³-hybridized carbons (Fsp3) is 0.857. The summed E-state index contributed by atoms with van der Waals surface area (Å²) in [5.41, 5.74) is -0.209. The zero-order valence-corrected chi connectivity index (χ0v) is 18.4. The van der Waals surface area contributed by atoms with Gasteiger partial charge in [-0.15, -0.1) is 0 Å². The number of ether oxygens (including phenoxy) is 1. The van der Waals surface area contributed by atoms with Crippen LogP contribution in [-0.4, -0.2) is 68.2 Å². The summed E-state index contributed by atoms with van der Waals surface area (Å²) >= 11 is 0. The van der Waals surface area contributed by atoms with Gasteiger partial charge in [-0.1, -0.05) is 40.0 Å². The normalized spacial score (nSPS) is 20.5. The average molecular weight is 411 g/mol. The molecule has 2 aliphatic rings. The van der Waals surface area contributed by atoms with E-state index in [1.165, 1.54) is 13.5 Å². The topological polar surface area (TPSA) is 99.8 Å². The minimum atomic E-state index is -0.933. The van der Waals surface area contributed by atoms with Crippen LogP contribution in [0.3, 0.4) is 0 Å². The monoisotopic (exact) mass is 410 g/mol. The number of alkyl carbamates (subject to hydrolysis) is 1.